The van der Waals surface area contributed by atoms with Gasteiger partial charge in [0, 0.05) is 6.54 Å². The highest BCUT2D eigenvalue weighted by molar-refractivity contribution is 7.00. The second kappa shape index (κ2) is 20.0. The second-order valence-corrected chi connectivity index (χ2v) is 30.2. The first-order valence-corrected chi connectivity index (χ1v) is 28.9. The van der Waals surface area contributed by atoms with E-state index in [1.54, 1.807) is 0 Å². The Balaban J connectivity index is 0.000000178. The Morgan fingerprint density at radius 2 is 0.971 bits per heavy atom. The van der Waals surface area contributed by atoms with Crippen molar-refractivity contribution in [3.8, 4) is 0 Å². The Morgan fingerprint density at radius 3 is 1.37 bits per heavy atom. The summed E-state index contributed by atoms with van der Waals surface area (Å²) >= 11 is 9.53. The summed E-state index contributed by atoms with van der Waals surface area (Å²) in [5, 5.41) is 25.1. The van der Waals surface area contributed by atoms with Crippen LogP contribution < -0.4 is 52.6 Å². The van der Waals surface area contributed by atoms with Gasteiger partial charge < -0.3 is 40.8 Å². The van der Waals surface area contributed by atoms with Crippen LogP contribution in [0.25, 0.3) is 0 Å². The van der Waals surface area contributed by atoms with Gasteiger partial charge in [-0.3, -0.25) is 9.80 Å². The number of nitrogens with zero attached hydrogens (tertiary/aromatic N) is 2. The largest absolute Gasteiger partial charge is 0.405 e. The van der Waals surface area contributed by atoms with Crippen molar-refractivity contribution in [3.05, 3.63) is 170 Å². The average Bonchev–Trinajstić information content (AvgIpc) is 4.10. The Hall–Kier alpha value is -5.49. The maximum absolute atomic E-state index is 13.2. The number of urea groups is 2. The highest BCUT2D eigenvalue weighted by atomic mass is 35.5. The first-order chi connectivity index (χ1) is 33.4. The number of hydrogen-bond acceptors (Lipinski definition) is 8. The molecule has 10 rings (SSSR count). The smallest absolute Gasteiger partial charge is 0.320 e. The van der Waals surface area contributed by atoms with Crippen LogP contribution in [0, 0.1) is 0 Å². The molecule has 2 spiro atoms. The summed E-state index contributed by atoms with van der Waals surface area (Å²) in [6.45, 7) is 25.2. The molecule has 4 aromatic carbocycles. The first kappa shape index (κ1) is 50.9. The lowest BCUT2D eigenvalue weighted by Crippen LogP contribution is -2.76. The van der Waals surface area contributed by atoms with Crippen LogP contribution in [0.3, 0.4) is 0 Å². The molecule has 0 bridgehead atoms. The normalized spacial score (nSPS) is 26.3. The zero-order chi connectivity index (χ0) is 50.1. The summed E-state index contributed by atoms with van der Waals surface area (Å²) < 4.78 is 14.3. The van der Waals surface area contributed by atoms with Crippen molar-refractivity contribution in [3.63, 3.8) is 0 Å². The minimum absolute atomic E-state index is 0.00115. The molecule has 0 aliphatic carbocycles. The van der Waals surface area contributed by atoms with Gasteiger partial charge in [0.15, 0.2) is 11.3 Å². The maximum Gasteiger partial charge on any atom is 0.320 e. The molecule has 4 saturated heterocycles. The van der Waals surface area contributed by atoms with Crippen molar-refractivity contribution in [2.75, 3.05) is 25.1 Å². The van der Waals surface area contributed by atoms with Gasteiger partial charge in [0.1, 0.15) is 0 Å². The lowest BCUT2D eigenvalue weighted by atomic mass is 9.92. The fraction of sp³-hybridized carbons (Fsp3) is 0.370. The lowest BCUT2D eigenvalue weighted by Gasteiger charge is -2.49. The van der Waals surface area contributed by atoms with Gasteiger partial charge in [0.2, 0.25) is 0 Å². The molecule has 6 aliphatic rings. The van der Waals surface area contributed by atoms with E-state index in [4.69, 9.17) is 32.1 Å². The van der Waals surface area contributed by atoms with Crippen LogP contribution in [-0.4, -0.2) is 105 Å². The molecule has 0 radical (unpaired) electrons. The SMILES string of the molecule is C=C1N[C@H]2[C@H](CO[Si](c3ccccc3)(c3ccccc3)C(C)(C)C)NC(=O)N3CC=CC23N1.C=C1N[C@H]2[C@H](CO[Si](c3ccccc3)(c3ccccc3)C(C)(C)C)NC(=O)N3[C@H](C)C=CC23N1.ClCCl. The number of amides is 4. The Labute approximate surface area is 426 Å². The number of alkyl halides is 2. The zero-order valence-corrected chi connectivity index (χ0v) is 44.8. The molecule has 0 saturated carbocycles. The fourth-order valence-corrected chi connectivity index (χ4v) is 20.9. The zero-order valence-electron chi connectivity index (χ0n) is 41.3. The van der Waals surface area contributed by atoms with Crippen molar-refractivity contribution < 1.29 is 18.4 Å². The molecule has 6 N–H and O–H groups in total. The molecular weight excluding hydrogens is 952 g/mol. The van der Waals surface area contributed by atoms with Crippen molar-refractivity contribution in [1.29, 1.82) is 0 Å². The van der Waals surface area contributed by atoms with Crippen molar-refractivity contribution in [2.24, 2.45) is 0 Å². The molecule has 370 valence electrons. The van der Waals surface area contributed by atoms with E-state index >= 15 is 0 Å². The third-order valence-corrected chi connectivity index (χ3v) is 24.5. The van der Waals surface area contributed by atoms with Crippen LogP contribution in [0.4, 0.5) is 9.59 Å². The standard InChI is InChI=1S/C27H34N4O2Si.C26H32N4O2Si.CH2Cl2/c1-19-16-17-27-24(28-20(2)30-27)23(29-25(32)31(19)27)18-33-34(26(3,4)5,21-12-8-6-9-13-21)22-14-10-7-11-15-22;1-19-27-23-22(28-24(31)30-17-11-16-26(23,30)29-19)18-32-33(25(2,3)4,20-12-7-5-8-13-20)21-14-9-6-10-15-21;2-1-3/h6-17,19,23-24,28,30H,2,18H2,1,3-5H3,(H,29,32);5-16,22-23,27,29H,1,17-18H2,2-4H3,(H,28,31);1H2/t19-,23+,24+,27?;22-,23-,26?;/m10./s1. The predicted octanol–water partition coefficient (Wildman–Crippen LogP) is 6.32. The highest BCUT2D eigenvalue weighted by Gasteiger charge is 2.61. The van der Waals surface area contributed by atoms with E-state index in [1.807, 2.05) is 47.1 Å². The highest BCUT2D eigenvalue weighted by Crippen LogP contribution is 2.41. The van der Waals surface area contributed by atoms with E-state index in [1.165, 1.54) is 20.7 Å². The average molecular weight is 1020 g/mol. The molecule has 12 nitrogen and oxygen atoms in total. The summed E-state index contributed by atoms with van der Waals surface area (Å²) in [6, 6.07) is 41.5. The molecule has 4 amide bonds. The van der Waals surface area contributed by atoms with Gasteiger partial charge in [-0.1, -0.05) is 188 Å². The molecule has 70 heavy (non-hydrogen) atoms. The summed E-state index contributed by atoms with van der Waals surface area (Å²) in [7, 11) is -5.42. The van der Waals surface area contributed by atoms with Gasteiger partial charge in [-0.25, -0.2) is 9.59 Å². The fourth-order valence-electron chi connectivity index (χ4n) is 11.7. The number of carbonyl (C=O) groups excluding carboxylic acids is 2. The monoisotopic (exact) mass is 1020 g/mol. The molecule has 0 aromatic heterocycles. The van der Waals surface area contributed by atoms with E-state index in [9.17, 15) is 9.59 Å². The minimum atomic E-state index is -2.72. The lowest BCUT2D eigenvalue weighted by molar-refractivity contribution is 0.0638. The number of carbonyl (C=O) groups is 2. The molecule has 6 aliphatic heterocycles. The van der Waals surface area contributed by atoms with E-state index in [0.29, 0.717) is 19.8 Å². The van der Waals surface area contributed by atoms with Crippen LogP contribution in [-0.2, 0) is 8.85 Å². The van der Waals surface area contributed by atoms with Gasteiger partial charge in [-0.05, 0) is 49.9 Å². The van der Waals surface area contributed by atoms with Crippen molar-refractivity contribution in [2.45, 2.75) is 100 Å². The van der Waals surface area contributed by atoms with Crippen LogP contribution in [0.15, 0.2) is 170 Å². The molecular formula is C54H68Cl2N8O4Si2. The quantitative estimate of drug-likeness (QED) is 0.0619. The minimum Gasteiger partial charge on any atom is -0.405 e. The van der Waals surface area contributed by atoms with E-state index < -0.39 is 28.0 Å². The number of hydrogen-bond donors (Lipinski definition) is 6. The number of nitrogens with one attached hydrogen (secondary N) is 6. The molecule has 7 atom stereocenters. The summed E-state index contributed by atoms with van der Waals surface area (Å²) in [5.41, 5.74) is -1.23. The van der Waals surface area contributed by atoms with Gasteiger partial charge >= 0.3 is 12.1 Å². The van der Waals surface area contributed by atoms with Gasteiger partial charge in [-0.2, -0.15) is 0 Å². The number of halogens is 2. The van der Waals surface area contributed by atoms with Gasteiger partial charge in [0.25, 0.3) is 16.6 Å². The van der Waals surface area contributed by atoms with Gasteiger partial charge in [-0.15, -0.1) is 23.2 Å². The Morgan fingerprint density at radius 1 is 0.600 bits per heavy atom. The molecule has 4 fully saturated rings. The van der Waals surface area contributed by atoms with Crippen LogP contribution >= 0.6 is 23.2 Å². The van der Waals surface area contributed by atoms with Crippen LogP contribution in [0.2, 0.25) is 10.1 Å². The summed E-state index contributed by atoms with van der Waals surface area (Å²) in [4.78, 5) is 29.9. The number of rotatable bonds is 10. The van der Waals surface area contributed by atoms with Crippen LogP contribution in [0.5, 0.6) is 0 Å². The third-order valence-electron chi connectivity index (χ3n) is 14.5. The summed E-state index contributed by atoms with van der Waals surface area (Å²) in [5.74, 6) is 1.45. The predicted molar refractivity (Wildman–Crippen MR) is 289 cm³/mol. The molecule has 2 unspecified atom stereocenters. The number of benzene rings is 4. The Bertz CT molecular complexity index is 2500. The molecule has 6 heterocycles. The topological polar surface area (TPSA) is 131 Å². The second-order valence-electron chi connectivity index (χ2n) is 20.7. The Kier molecular flexibility index (Phi) is 14.5. The van der Waals surface area contributed by atoms with E-state index in [0.717, 1.165) is 11.6 Å². The maximum atomic E-state index is 13.2. The molecule has 16 heteroatoms. The first-order valence-electron chi connectivity index (χ1n) is 24.0. The van der Waals surface area contributed by atoms with E-state index in [-0.39, 0.29) is 57.7 Å². The third kappa shape index (κ3) is 8.85. The van der Waals surface area contributed by atoms with E-state index in [2.05, 4.69) is 202 Å². The van der Waals surface area contributed by atoms with Gasteiger partial charge in [0.05, 0.1) is 60.4 Å². The van der Waals surface area contributed by atoms with Crippen molar-refractivity contribution >= 4 is 72.6 Å². The van der Waals surface area contributed by atoms with Crippen molar-refractivity contribution in [1.82, 2.24) is 41.7 Å². The van der Waals surface area contributed by atoms with Crippen LogP contribution in [0.1, 0.15) is 48.5 Å². The molecule has 4 aromatic rings. The summed E-state index contributed by atoms with van der Waals surface area (Å²) in [6.07, 6.45) is 8.29.